The van der Waals surface area contributed by atoms with Gasteiger partial charge < -0.3 is 10.1 Å². The van der Waals surface area contributed by atoms with Gasteiger partial charge in [-0.15, -0.1) is 11.3 Å². The van der Waals surface area contributed by atoms with Crippen LogP contribution < -0.4 is 10.6 Å². The number of anilines is 1. The van der Waals surface area contributed by atoms with E-state index in [1.54, 1.807) is 11.3 Å². The lowest BCUT2D eigenvalue weighted by atomic mass is 9.88. The summed E-state index contributed by atoms with van der Waals surface area (Å²) in [4.78, 5) is 27.6. The van der Waals surface area contributed by atoms with E-state index < -0.39 is 6.04 Å². The molecule has 2 aromatic rings. The zero-order chi connectivity index (χ0) is 22.5. The Kier molecular flexibility index (Phi) is 7.63. The van der Waals surface area contributed by atoms with Crippen LogP contribution >= 0.6 is 11.3 Å². The summed E-state index contributed by atoms with van der Waals surface area (Å²) >= 11 is 1.55. The minimum atomic E-state index is -0.451. The molecule has 2 aliphatic rings. The Morgan fingerprint density at radius 3 is 2.59 bits per heavy atom. The zero-order valence-electron chi connectivity index (χ0n) is 19.1. The number of hydrogen-bond acceptors (Lipinski definition) is 5. The highest BCUT2D eigenvalue weighted by molar-refractivity contribution is 7.17. The van der Waals surface area contributed by atoms with Crippen molar-refractivity contribution in [3.05, 3.63) is 51.9 Å². The molecule has 1 saturated carbocycles. The summed E-state index contributed by atoms with van der Waals surface area (Å²) in [5, 5.41) is 7.38. The number of carbonyl (C=O) groups excluding carboxylic acids is 2. The summed E-state index contributed by atoms with van der Waals surface area (Å²) in [5.74, 6) is 0.148. The molecule has 172 valence electrons. The first-order valence-corrected chi connectivity index (χ1v) is 12.8. The molecule has 0 saturated heterocycles. The van der Waals surface area contributed by atoms with E-state index in [-0.39, 0.29) is 11.9 Å². The van der Waals surface area contributed by atoms with Crippen molar-refractivity contribution in [1.82, 2.24) is 5.32 Å². The lowest BCUT2D eigenvalue weighted by molar-refractivity contribution is -0.118. The van der Waals surface area contributed by atoms with E-state index in [1.165, 1.54) is 24.1 Å². The van der Waals surface area contributed by atoms with Crippen LogP contribution in [0.5, 0.6) is 0 Å². The number of hydrogen-bond donors (Lipinski definition) is 2. The second-order valence-electron chi connectivity index (χ2n) is 9.11. The molecule has 0 bridgehead atoms. The van der Waals surface area contributed by atoms with Crippen molar-refractivity contribution >= 4 is 28.2 Å². The largest absolute Gasteiger partial charge is 0.462 e. The predicted molar refractivity (Wildman–Crippen MR) is 129 cm³/mol. The Morgan fingerprint density at radius 2 is 1.88 bits per heavy atom. The number of rotatable bonds is 7. The fourth-order valence-electron chi connectivity index (χ4n) is 4.92. The molecule has 2 unspecified atom stereocenters. The number of ether oxygens (including phenoxy) is 1. The van der Waals surface area contributed by atoms with Crippen LogP contribution in [0.3, 0.4) is 0 Å². The Bertz CT molecular complexity index is 934. The van der Waals surface area contributed by atoms with Crippen LogP contribution in [0.15, 0.2) is 30.3 Å². The van der Waals surface area contributed by atoms with Gasteiger partial charge in [-0.1, -0.05) is 56.5 Å². The third kappa shape index (κ3) is 5.24. The van der Waals surface area contributed by atoms with Gasteiger partial charge in [0.25, 0.3) is 0 Å². The summed E-state index contributed by atoms with van der Waals surface area (Å²) in [6, 6.07) is 9.77. The van der Waals surface area contributed by atoms with E-state index in [4.69, 9.17) is 4.74 Å². The van der Waals surface area contributed by atoms with Gasteiger partial charge in [0.1, 0.15) is 11.0 Å². The fourth-order valence-corrected chi connectivity index (χ4v) is 6.32. The predicted octanol–water partition coefficient (Wildman–Crippen LogP) is 5.65. The highest BCUT2D eigenvalue weighted by Crippen LogP contribution is 2.40. The molecule has 1 amide bonds. The number of esters is 1. The molecule has 1 heterocycles. The minimum absolute atomic E-state index is 0.112. The molecule has 2 N–H and O–H groups in total. The van der Waals surface area contributed by atoms with Crippen LogP contribution in [0, 0.1) is 5.92 Å². The van der Waals surface area contributed by atoms with Crippen molar-refractivity contribution in [1.29, 1.82) is 0 Å². The molecule has 1 aromatic carbocycles. The lowest BCUT2D eigenvalue weighted by Crippen LogP contribution is -2.40. The summed E-state index contributed by atoms with van der Waals surface area (Å²) < 4.78 is 5.37. The number of fused-ring (bicyclic) bond motifs is 1. The number of carbonyl (C=O) groups is 2. The third-order valence-corrected chi connectivity index (χ3v) is 7.80. The van der Waals surface area contributed by atoms with Gasteiger partial charge in [-0.2, -0.15) is 0 Å². The van der Waals surface area contributed by atoms with Crippen LogP contribution in [0.25, 0.3) is 0 Å². The molecule has 1 fully saturated rings. The molecule has 0 aliphatic heterocycles. The van der Waals surface area contributed by atoms with Crippen LogP contribution in [-0.2, 0) is 22.4 Å². The van der Waals surface area contributed by atoms with Gasteiger partial charge in [-0.05, 0) is 56.1 Å². The maximum atomic E-state index is 13.6. The van der Waals surface area contributed by atoms with Crippen LogP contribution in [-0.4, -0.2) is 24.5 Å². The Balaban J connectivity index is 1.61. The van der Waals surface area contributed by atoms with E-state index in [1.807, 2.05) is 37.3 Å². The SMILES string of the molecule is CCOC(=O)c1c(NC(=O)C(NC2CCCCC2)c2ccccc2)sc2c1CCC(C)C2. The molecule has 2 aliphatic carbocycles. The van der Waals surface area contributed by atoms with Crippen molar-refractivity contribution in [2.45, 2.75) is 77.3 Å². The van der Waals surface area contributed by atoms with E-state index in [9.17, 15) is 9.59 Å². The van der Waals surface area contributed by atoms with Crippen molar-refractivity contribution in [2.24, 2.45) is 5.92 Å². The second kappa shape index (κ2) is 10.6. The molecule has 0 radical (unpaired) electrons. The monoisotopic (exact) mass is 454 g/mol. The summed E-state index contributed by atoms with van der Waals surface area (Å²) in [6.07, 6.45) is 8.71. The van der Waals surface area contributed by atoms with Crippen LogP contribution in [0.4, 0.5) is 5.00 Å². The van der Waals surface area contributed by atoms with E-state index in [0.29, 0.717) is 29.1 Å². The van der Waals surface area contributed by atoms with Crippen molar-refractivity contribution in [3.8, 4) is 0 Å². The van der Waals surface area contributed by atoms with Gasteiger partial charge in [-0.25, -0.2) is 4.79 Å². The third-order valence-electron chi connectivity index (χ3n) is 6.63. The Labute approximate surface area is 194 Å². The lowest BCUT2D eigenvalue weighted by Gasteiger charge is -2.28. The molecule has 6 heteroatoms. The Morgan fingerprint density at radius 1 is 1.12 bits per heavy atom. The first-order valence-electron chi connectivity index (χ1n) is 12.0. The molecular formula is C26H34N2O3S. The van der Waals surface area contributed by atoms with Crippen molar-refractivity contribution in [3.63, 3.8) is 0 Å². The number of benzene rings is 1. The normalized spacial score (nSPS) is 19.8. The van der Waals surface area contributed by atoms with Gasteiger partial charge in [-0.3, -0.25) is 10.1 Å². The summed E-state index contributed by atoms with van der Waals surface area (Å²) in [6.45, 7) is 4.38. The van der Waals surface area contributed by atoms with Crippen molar-refractivity contribution in [2.75, 3.05) is 11.9 Å². The quantitative estimate of drug-likeness (QED) is 0.531. The molecular weight excluding hydrogens is 420 g/mol. The van der Waals surface area contributed by atoms with Crippen LogP contribution in [0.1, 0.15) is 84.8 Å². The average molecular weight is 455 g/mol. The number of amides is 1. The molecule has 1 aromatic heterocycles. The zero-order valence-corrected chi connectivity index (χ0v) is 19.9. The van der Waals surface area contributed by atoms with E-state index >= 15 is 0 Å². The van der Waals surface area contributed by atoms with Crippen molar-refractivity contribution < 1.29 is 14.3 Å². The number of nitrogens with one attached hydrogen (secondary N) is 2. The average Bonchev–Trinajstić information content (AvgIpc) is 3.15. The maximum Gasteiger partial charge on any atom is 0.341 e. The second-order valence-corrected chi connectivity index (χ2v) is 10.2. The first kappa shape index (κ1) is 23.0. The highest BCUT2D eigenvalue weighted by atomic mass is 32.1. The molecule has 0 spiro atoms. The number of thiophene rings is 1. The van der Waals surface area contributed by atoms with Gasteiger partial charge in [0.2, 0.25) is 5.91 Å². The standard InChI is InChI=1S/C26H34N2O3S/c1-3-31-26(30)22-20-15-14-17(2)16-21(20)32-25(22)28-24(29)23(18-10-6-4-7-11-18)27-19-12-8-5-9-13-19/h4,6-7,10-11,17,19,23,27H,3,5,8-9,12-16H2,1-2H3,(H,28,29). The fraction of sp³-hybridized carbons (Fsp3) is 0.538. The van der Waals surface area contributed by atoms with Gasteiger partial charge >= 0.3 is 5.97 Å². The molecule has 5 nitrogen and oxygen atoms in total. The summed E-state index contributed by atoms with van der Waals surface area (Å²) in [5.41, 5.74) is 2.58. The molecule has 4 rings (SSSR count). The van der Waals surface area contributed by atoms with E-state index in [2.05, 4.69) is 17.6 Å². The van der Waals surface area contributed by atoms with Crippen LogP contribution in [0.2, 0.25) is 0 Å². The highest BCUT2D eigenvalue weighted by Gasteiger charge is 2.31. The summed E-state index contributed by atoms with van der Waals surface area (Å²) in [7, 11) is 0. The van der Waals surface area contributed by atoms with Gasteiger partial charge in [0.15, 0.2) is 0 Å². The van der Waals surface area contributed by atoms with E-state index in [0.717, 1.165) is 43.2 Å². The minimum Gasteiger partial charge on any atom is -0.462 e. The first-order chi connectivity index (χ1) is 15.6. The topological polar surface area (TPSA) is 67.4 Å². The molecule has 2 atom stereocenters. The molecule has 32 heavy (non-hydrogen) atoms. The smallest absolute Gasteiger partial charge is 0.341 e. The maximum absolute atomic E-state index is 13.6. The van der Waals surface area contributed by atoms with Gasteiger partial charge in [0, 0.05) is 10.9 Å². The van der Waals surface area contributed by atoms with Gasteiger partial charge in [0.05, 0.1) is 12.2 Å². The Hall–Kier alpha value is -2.18.